The summed E-state index contributed by atoms with van der Waals surface area (Å²) in [4.78, 5) is 3.38. The lowest BCUT2D eigenvalue weighted by Gasteiger charge is -2.30. The van der Waals surface area contributed by atoms with Crippen molar-refractivity contribution in [3.05, 3.63) is 71.9 Å². The van der Waals surface area contributed by atoms with E-state index in [2.05, 4.69) is 65.0 Å². The van der Waals surface area contributed by atoms with Crippen LogP contribution in [0.2, 0.25) is 0 Å². The molecule has 0 radical (unpaired) electrons. The number of hydrogen-bond acceptors (Lipinski definition) is 3. The van der Waals surface area contributed by atoms with Crippen LogP contribution >= 0.6 is 0 Å². The summed E-state index contributed by atoms with van der Waals surface area (Å²) in [7, 11) is 3.37. The summed E-state index contributed by atoms with van der Waals surface area (Å²) < 4.78 is 10.9. The van der Waals surface area contributed by atoms with Crippen LogP contribution in [-0.4, -0.2) is 31.8 Å². The third-order valence-electron chi connectivity index (χ3n) is 5.95. The van der Waals surface area contributed by atoms with Gasteiger partial charge in [0.25, 0.3) is 0 Å². The third kappa shape index (κ3) is 4.33. The lowest BCUT2D eigenvalue weighted by atomic mass is 9.85. The lowest BCUT2D eigenvalue weighted by molar-refractivity contribution is 0.353. The van der Waals surface area contributed by atoms with E-state index < -0.39 is 0 Å². The minimum atomic E-state index is 0.358. The molecule has 1 aromatic heterocycles. The van der Waals surface area contributed by atoms with Crippen LogP contribution in [-0.2, 0) is 6.42 Å². The standard InChI is InChI=1S/C25H30N2O2/c1-28-24-14-13-18(16-25(24)29-2)20-10-7-15-26-22(20)11-5-3-8-19-17-27-23-12-6-4-9-21(19)23/h4,6-7,9-10,12-14,16-17,20,22,26-27H,3,5,8,11,15H2,1-2H3. The van der Waals surface area contributed by atoms with Gasteiger partial charge in [0.05, 0.1) is 14.2 Å². The van der Waals surface area contributed by atoms with Gasteiger partial charge >= 0.3 is 0 Å². The molecule has 29 heavy (non-hydrogen) atoms. The molecule has 2 N–H and O–H groups in total. The Kier molecular flexibility index (Phi) is 6.20. The SMILES string of the molecule is COc1ccc(C2C=CCNC2CCCCc2c[nH]c3ccccc23)cc1OC. The first-order chi connectivity index (χ1) is 14.3. The normalized spacial score (nSPS) is 18.8. The number of para-hydroxylation sites is 1. The first-order valence-electron chi connectivity index (χ1n) is 10.5. The first-order valence-corrected chi connectivity index (χ1v) is 10.5. The molecule has 0 saturated carbocycles. The molecule has 1 aliphatic heterocycles. The summed E-state index contributed by atoms with van der Waals surface area (Å²) in [6.45, 7) is 0.941. The summed E-state index contributed by atoms with van der Waals surface area (Å²) in [5.74, 6) is 1.93. The van der Waals surface area contributed by atoms with Gasteiger partial charge in [-0.25, -0.2) is 0 Å². The molecule has 2 atom stereocenters. The number of unbranched alkanes of at least 4 members (excludes halogenated alkanes) is 1. The summed E-state index contributed by atoms with van der Waals surface area (Å²) in [6.07, 6.45) is 11.4. The van der Waals surface area contributed by atoms with Gasteiger partial charge in [-0.15, -0.1) is 0 Å². The van der Waals surface area contributed by atoms with Crippen LogP contribution in [0.5, 0.6) is 11.5 Å². The van der Waals surface area contributed by atoms with Crippen molar-refractivity contribution in [1.29, 1.82) is 0 Å². The van der Waals surface area contributed by atoms with Gasteiger partial charge < -0.3 is 19.8 Å². The molecule has 0 aliphatic carbocycles. The second-order valence-corrected chi connectivity index (χ2v) is 7.69. The second-order valence-electron chi connectivity index (χ2n) is 7.69. The van der Waals surface area contributed by atoms with Crippen LogP contribution < -0.4 is 14.8 Å². The van der Waals surface area contributed by atoms with Crippen molar-refractivity contribution in [3.63, 3.8) is 0 Å². The average Bonchev–Trinajstić information content (AvgIpc) is 3.19. The van der Waals surface area contributed by atoms with Crippen molar-refractivity contribution in [2.75, 3.05) is 20.8 Å². The Morgan fingerprint density at radius 1 is 1.00 bits per heavy atom. The Balaban J connectivity index is 1.38. The van der Waals surface area contributed by atoms with Crippen molar-refractivity contribution in [2.45, 2.75) is 37.6 Å². The number of nitrogens with one attached hydrogen (secondary N) is 2. The van der Waals surface area contributed by atoms with Gasteiger partial charge in [-0.1, -0.05) is 42.8 Å². The molecule has 4 heteroatoms. The maximum absolute atomic E-state index is 5.51. The monoisotopic (exact) mass is 390 g/mol. The largest absolute Gasteiger partial charge is 0.493 e. The van der Waals surface area contributed by atoms with Gasteiger partial charge in [-0.3, -0.25) is 0 Å². The van der Waals surface area contributed by atoms with E-state index in [0.717, 1.165) is 30.9 Å². The van der Waals surface area contributed by atoms with Crippen molar-refractivity contribution < 1.29 is 9.47 Å². The Hall–Kier alpha value is -2.72. The number of aromatic nitrogens is 1. The summed E-state index contributed by atoms with van der Waals surface area (Å²) in [5.41, 5.74) is 3.93. The van der Waals surface area contributed by atoms with Crippen LogP contribution in [0.4, 0.5) is 0 Å². The third-order valence-corrected chi connectivity index (χ3v) is 5.95. The fourth-order valence-corrected chi connectivity index (χ4v) is 4.40. The number of benzene rings is 2. The van der Waals surface area contributed by atoms with Crippen molar-refractivity contribution in [2.24, 2.45) is 0 Å². The zero-order valence-electron chi connectivity index (χ0n) is 17.3. The van der Waals surface area contributed by atoms with E-state index in [1.54, 1.807) is 14.2 Å². The molecule has 2 aromatic carbocycles. The smallest absolute Gasteiger partial charge is 0.161 e. The van der Waals surface area contributed by atoms with E-state index in [9.17, 15) is 0 Å². The molecule has 0 amide bonds. The molecule has 3 aromatic rings. The van der Waals surface area contributed by atoms with E-state index in [1.165, 1.54) is 34.9 Å². The highest BCUT2D eigenvalue weighted by Gasteiger charge is 2.23. The molecule has 1 aliphatic rings. The predicted octanol–water partition coefficient (Wildman–Crippen LogP) is 5.21. The van der Waals surface area contributed by atoms with E-state index >= 15 is 0 Å². The maximum Gasteiger partial charge on any atom is 0.161 e. The maximum atomic E-state index is 5.51. The van der Waals surface area contributed by atoms with E-state index in [4.69, 9.17) is 9.47 Å². The van der Waals surface area contributed by atoms with Crippen molar-refractivity contribution in [1.82, 2.24) is 10.3 Å². The Bertz CT molecular complexity index is 976. The highest BCUT2D eigenvalue weighted by Crippen LogP contribution is 2.34. The summed E-state index contributed by atoms with van der Waals surface area (Å²) >= 11 is 0. The second kappa shape index (κ2) is 9.19. The van der Waals surface area contributed by atoms with Gasteiger partial charge in [0.2, 0.25) is 0 Å². The topological polar surface area (TPSA) is 46.3 Å². The molecular formula is C25H30N2O2. The zero-order valence-corrected chi connectivity index (χ0v) is 17.3. The fourth-order valence-electron chi connectivity index (χ4n) is 4.40. The minimum Gasteiger partial charge on any atom is -0.493 e. The quantitative estimate of drug-likeness (QED) is 0.410. The van der Waals surface area contributed by atoms with Crippen molar-refractivity contribution in [3.8, 4) is 11.5 Å². The number of H-pyrrole nitrogens is 1. The number of ether oxygens (including phenoxy) is 2. The Morgan fingerprint density at radius 3 is 2.72 bits per heavy atom. The van der Waals surface area contributed by atoms with E-state index in [1.807, 2.05) is 6.07 Å². The van der Waals surface area contributed by atoms with Crippen LogP contribution in [0.15, 0.2) is 60.8 Å². The van der Waals surface area contributed by atoms with Crippen LogP contribution in [0.25, 0.3) is 10.9 Å². The molecule has 4 nitrogen and oxygen atoms in total. The number of aryl methyl sites for hydroxylation is 1. The summed E-state index contributed by atoms with van der Waals surface area (Å²) in [6, 6.07) is 15.3. The van der Waals surface area contributed by atoms with Gasteiger partial charge in [0.1, 0.15) is 0 Å². The molecule has 0 spiro atoms. The highest BCUT2D eigenvalue weighted by atomic mass is 16.5. The molecule has 2 heterocycles. The van der Waals surface area contributed by atoms with E-state index in [0.29, 0.717) is 12.0 Å². The zero-order chi connectivity index (χ0) is 20.1. The van der Waals surface area contributed by atoms with Crippen molar-refractivity contribution >= 4 is 10.9 Å². The number of fused-ring (bicyclic) bond motifs is 1. The van der Waals surface area contributed by atoms with E-state index in [-0.39, 0.29) is 0 Å². The predicted molar refractivity (Wildman–Crippen MR) is 119 cm³/mol. The molecular weight excluding hydrogens is 360 g/mol. The number of aromatic amines is 1. The number of methoxy groups -OCH3 is 2. The van der Waals surface area contributed by atoms with Gasteiger partial charge in [-0.05, 0) is 48.6 Å². The minimum absolute atomic E-state index is 0.358. The lowest BCUT2D eigenvalue weighted by Crippen LogP contribution is -2.37. The Labute approximate surface area is 172 Å². The number of rotatable bonds is 8. The molecule has 2 unspecified atom stereocenters. The molecule has 152 valence electrons. The Morgan fingerprint density at radius 2 is 1.86 bits per heavy atom. The van der Waals surface area contributed by atoms with Gasteiger partial charge in [0, 0.05) is 35.6 Å². The molecule has 0 bridgehead atoms. The molecule has 0 saturated heterocycles. The van der Waals surface area contributed by atoms with Crippen LogP contribution in [0, 0.1) is 0 Å². The molecule has 0 fully saturated rings. The van der Waals surface area contributed by atoms with Gasteiger partial charge in [-0.2, -0.15) is 0 Å². The van der Waals surface area contributed by atoms with Crippen LogP contribution in [0.3, 0.4) is 0 Å². The average molecular weight is 391 g/mol. The summed E-state index contributed by atoms with van der Waals surface area (Å²) in [5, 5.41) is 5.05. The highest BCUT2D eigenvalue weighted by molar-refractivity contribution is 5.82. The number of hydrogen-bond donors (Lipinski definition) is 2. The molecule has 4 rings (SSSR count). The van der Waals surface area contributed by atoms with Crippen LogP contribution in [0.1, 0.15) is 36.3 Å². The van der Waals surface area contributed by atoms with Gasteiger partial charge in [0.15, 0.2) is 11.5 Å². The fraction of sp³-hybridized carbons (Fsp3) is 0.360. The first kappa shape index (κ1) is 19.6.